The summed E-state index contributed by atoms with van der Waals surface area (Å²) >= 11 is 0. The molecule has 0 spiro atoms. The van der Waals surface area contributed by atoms with Gasteiger partial charge >= 0.3 is 6.03 Å². The van der Waals surface area contributed by atoms with E-state index in [9.17, 15) is 4.79 Å². The molecule has 1 aromatic carbocycles. The number of aromatic nitrogens is 1. The molecular weight excluding hydrogens is 352 g/mol. The molecule has 0 bridgehead atoms. The van der Waals surface area contributed by atoms with Gasteiger partial charge in [-0.15, -0.1) is 0 Å². The second kappa shape index (κ2) is 9.75. The number of morpholine rings is 1. The van der Waals surface area contributed by atoms with Crippen LogP contribution in [0.1, 0.15) is 23.2 Å². The summed E-state index contributed by atoms with van der Waals surface area (Å²) in [5.74, 6) is 0. The first-order valence-corrected chi connectivity index (χ1v) is 10.2. The number of hydrogen-bond donors (Lipinski definition) is 2. The average Bonchev–Trinajstić information content (AvgIpc) is 3.09. The Morgan fingerprint density at radius 1 is 1.18 bits per heavy atom. The minimum atomic E-state index is -0.0319. The second-order valence-electron chi connectivity index (χ2n) is 7.69. The maximum Gasteiger partial charge on any atom is 0.322 e. The quantitative estimate of drug-likeness (QED) is 0.766. The highest BCUT2D eigenvalue weighted by atomic mass is 16.5. The molecule has 2 amide bonds. The largest absolute Gasteiger partial charge is 0.370 e. The second-order valence-corrected chi connectivity index (χ2v) is 7.69. The zero-order valence-corrected chi connectivity index (χ0v) is 17.3. The fourth-order valence-corrected chi connectivity index (χ4v) is 3.74. The highest BCUT2D eigenvalue weighted by Gasteiger charge is 2.19. The molecule has 0 unspecified atom stereocenters. The number of ether oxygens (including phenoxy) is 1. The highest BCUT2D eigenvalue weighted by molar-refractivity contribution is 5.91. The van der Waals surface area contributed by atoms with Crippen molar-refractivity contribution in [3.05, 3.63) is 53.3 Å². The summed E-state index contributed by atoms with van der Waals surface area (Å²) in [6.07, 6.45) is 3.01. The fraction of sp³-hybridized carbons (Fsp3) is 0.500. The van der Waals surface area contributed by atoms with E-state index in [1.165, 1.54) is 0 Å². The monoisotopic (exact) mass is 385 g/mol. The first-order chi connectivity index (χ1) is 13.5. The van der Waals surface area contributed by atoms with Gasteiger partial charge in [-0.3, -0.25) is 0 Å². The number of amides is 2. The van der Waals surface area contributed by atoms with Crippen LogP contribution in [0.25, 0.3) is 0 Å². The third-order valence-electron chi connectivity index (χ3n) is 5.56. The Morgan fingerprint density at radius 3 is 2.54 bits per heavy atom. The van der Waals surface area contributed by atoms with Crippen LogP contribution in [0.3, 0.4) is 0 Å². The van der Waals surface area contributed by atoms with E-state index >= 15 is 0 Å². The van der Waals surface area contributed by atoms with E-state index in [0.29, 0.717) is 6.54 Å². The van der Waals surface area contributed by atoms with E-state index in [1.807, 2.05) is 56.3 Å². The molecule has 1 aromatic heterocycles. The van der Waals surface area contributed by atoms with Crippen LogP contribution in [0.15, 0.2) is 36.5 Å². The molecule has 28 heavy (non-hydrogen) atoms. The van der Waals surface area contributed by atoms with Gasteiger partial charge < -0.3 is 24.4 Å². The van der Waals surface area contributed by atoms with Gasteiger partial charge in [-0.05, 0) is 37.1 Å². The lowest BCUT2D eigenvalue weighted by Crippen LogP contribution is -3.14. The summed E-state index contributed by atoms with van der Waals surface area (Å²) in [6.45, 7) is 10.3. The van der Waals surface area contributed by atoms with Gasteiger partial charge in [0.1, 0.15) is 13.1 Å². The lowest BCUT2D eigenvalue weighted by molar-refractivity contribution is -0.908. The molecule has 152 valence electrons. The summed E-state index contributed by atoms with van der Waals surface area (Å²) in [4.78, 5) is 16.6. The van der Waals surface area contributed by atoms with Crippen LogP contribution in [0.5, 0.6) is 0 Å². The topological polar surface area (TPSA) is 50.9 Å². The lowest BCUT2D eigenvalue weighted by Gasteiger charge is -2.27. The smallest absolute Gasteiger partial charge is 0.322 e. The van der Waals surface area contributed by atoms with E-state index in [2.05, 4.69) is 16.0 Å². The van der Waals surface area contributed by atoms with Crippen molar-refractivity contribution >= 4 is 11.7 Å². The predicted molar refractivity (Wildman–Crippen MR) is 112 cm³/mol. The van der Waals surface area contributed by atoms with Gasteiger partial charge in [0.15, 0.2) is 0 Å². The summed E-state index contributed by atoms with van der Waals surface area (Å²) < 4.78 is 7.52. The first kappa shape index (κ1) is 20.4. The number of aryl methyl sites for hydroxylation is 3. The zero-order valence-electron chi connectivity index (χ0n) is 17.3. The Morgan fingerprint density at radius 2 is 1.89 bits per heavy atom. The average molecular weight is 386 g/mol. The number of nitrogens with one attached hydrogen (secondary N) is 2. The number of hydrogen-bond acceptors (Lipinski definition) is 2. The normalized spacial score (nSPS) is 14.8. The molecular formula is C22H33N4O2+. The number of benzene rings is 1. The van der Waals surface area contributed by atoms with Crippen molar-refractivity contribution in [3.8, 4) is 0 Å². The van der Waals surface area contributed by atoms with Gasteiger partial charge in [0.25, 0.3) is 0 Å². The number of carbonyl (C=O) groups is 1. The van der Waals surface area contributed by atoms with Crippen molar-refractivity contribution in [2.75, 3.05) is 44.7 Å². The molecule has 0 radical (unpaired) electrons. The number of quaternary nitrogens is 1. The van der Waals surface area contributed by atoms with Gasteiger partial charge in [-0.1, -0.05) is 18.2 Å². The predicted octanol–water partition coefficient (Wildman–Crippen LogP) is 1.98. The van der Waals surface area contributed by atoms with Crippen molar-refractivity contribution in [1.82, 2.24) is 9.47 Å². The van der Waals surface area contributed by atoms with Crippen LogP contribution >= 0.6 is 0 Å². The number of rotatable bonds is 7. The summed E-state index contributed by atoms with van der Waals surface area (Å²) in [5.41, 5.74) is 4.23. The minimum Gasteiger partial charge on any atom is -0.370 e. The molecule has 6 nitrogen and oxygen atoms in total. The standard InChI is InChI=1S/C22H32N4O2/c1-18-7-4-8-19(2)21(18)23-22(27)26(17-20-9-5-10-24(20)3)12-6-11-25-13-15-28-16-14-25/h4-5,7-10H,6,11-17H2,1-3H3,(H,23,27)/p+1. The molecule has 2 aromatic rings. The molecule has 1 fully saturated rings. The fourth-order valence-electron chi connectivity index (χ4n) is 3.74. The highest BCUT2D eigenvalue weighted by Crippen LogP contribution is 2.20. The lowest BCUT2D eigenvalue weighted by atomic mass is 10.1. The maximum atomic E-state index is 13.1. The number of nitrogens with zero attached hydrogens (tertiary/aromatic N) is 2. The van der Waals surface area contributed by atoms with E-state index in [1.54, 1.807) is 4.90 Å². The van der Waals surface area contributed by atoms with E-state index < -0.39 is 0 Å². The Labute approximate surface area is 168 Å². The van der Waals surface area contributed by atoms with E-state index in [0.717, 1.165) is 68.3 Å². The molecule has 2 N–H and O–H groups in total. The molecule has 0 atom stereocenters. The molecule has 6 heteroatoms. The van der Waals surface area contributed by atoms with Crippen LogP contribution in [0, 0.1) is 13.8 Å². The summed E-state index contributed by atoms with van der Waals surface area (Å²) in [5, 5.41) is 3.15. The Hall–Kier alpha value is -2.31. The first-order valence-electron chi connectivity index (χ1n) is 10.2. The van der Waals surface area contributed by atoms with Gasteiger partial charge in [0.05, 0.1) is 26.3 Å². The van der Waals surface area contributed by atoms with Crippen molar-refractivity contribution < 1.29 is 14.4 Å². The Kier molecular flexibility index (Phi) is 7.12. The van der Waals surface area contributed by atoms with Gasteiger partial charge in [0.2, 0.25) is 0 Å². The maximum absolute atomic E-state index is 13.1. The Bertz CT molecular complexity index is 760. The van der Waals surface area contributed by atoms with Crippen LogP contribution in [0.4, 0.5) is 10.5 Å². The minimum absolute atomic E-state index is 0.0319. The number of urea groups is 1. The number of carbonyl (C=O) groups excluding carboxylic acids is 1. The molecule has 1 saturated heterocycles. The van der Waals surface area contributed by atoms with Crippen molar-refractivity contribution in [3.63, 3.8) is 0 Å². The molecule has 3 rings (SSSR count). The molecule has 0 aliphatic carbocycles. The van der Waals surface area contributed by atoms with Crippen LogP contribution < -0.4 is 10.2 Å². The zero-order chi connectivity index (χ0) is 19.9. The molecule has 1 aliphatic heterocycles. The molecule has 0 saturated carbocycles. The van der Waals surface area contributed by atoms with Crippen molar-refractivity contribution in [1.29, 1.82) is 0 Å². The van der Waals surface area contributed by atoms with Crippen LogP contribution in [-0.4, -0.2) is 54.9 Å². The van der Waals surface area contributed by atoms with Crippen molar-refractivity contribution in [2.24, 2.45) is 7.05 Å². The molecule has 1 aliphatic rings. The Balaban J connectivity index is 1.65. The summed E-state index contributed by atoms with van der Waals surface area (Å²) in [7, 11) is 2.02. The van der Waals surface area contributed by atoms with Crippen LogP contribution in [0.2, 0.25) is 0 Å². The number of para-hydroxylation sites is 1. The van der Waals surface area contributed by atoms with Crippen LogP contribution in [-0.2, 0) is 18.3 Å². The van der Waals surface area contributed by atoms with E-state index in [-0.39, 0.29) is 6.03 Å². The third kappa shape index (κ3) is 5.36. The SMILES string of the molecule is Cc1cccc(C)c1NC(=O)N(CCC[NH+]1CCOCC1)Cc1cccn1C. The molecule has 2 heterocycles. The van der Waals surface area contributed by atoms with Gasteiger partial charge in [-0.2, -0.15) is 0 Å². The van der Waals surface area contributed by atoms with E-state index in [4.69, 9.17) is 4.74 Å². The summed E-state index contributed by atoms with van der Waals surface area (Å²) in [6, 6.07) is 10.2. The number of anilines is 1. The van der Waals surface area contributed by atoms with Gasteiger partial charge in [0, 0.05) is 37.6 Å². The van der Waals surface area contributed by atoms with Gasteiger partial charge in [-0.25, -0.2) is 4.79 Å². The third-order valence-corrected chi connectivity index (χ3v) is 5.56. The van der Waals surface area contributed by atoms with Crippen molar-refractivity contribution in [2.45, 2.75) is 26.8 Å².